The standard InChI is InChI=1S/C19H32O4/c1-16(12-15-22-17-11-7-9-13-21-17)10-6-5-8-14-23-18(20)19(2,3)4/h5,8,12,17H,6-7,9-11,13-15H2,1-4H3. The molecular formula is C19H32O4. The van der Waals surface area contributed by atoms with Crippen LogP contribution < -0.4 is 0 Å². The summed E-state index contributed by atoms with van der Waals surface area (Å²) in [5.41, 5.74) is 0.868. The highest BCUT2D eigenvalue weighted by Gasteiger charge is 2.22. The summed E-state index contributed by atoms with van der Waals surface area (Å²) in [5, 5.41) is 0. The summed E-state index contributed by atoms with van der Waals surface area (Å²) in [5.74, 6) is -0.166. The van der Waals surface area contributed by atoms with E-state index in [4.69, 9.17) is 14.2 Å². The van der Waals surface area contributed by atoms with Gasteiger partial charge in [0.15, 0.2) is 6.29 Å². The van der Waals surface area contributed by atoms with Gasteiger partial charge in [-0.2, -0.15) is 0 Å². The van der Waals surface area contributed by atoms with Crippen LogP contribution in [-0.4, -0.2) is 32.1 Å². The van der Waals surface area contributed by atoms with Crippen molar-refractivity contribution in [3.8, 4) is 0 Å². The molecule has 0 aromatic carbocycles. The lowest BCUT2D eigenvalue weighted by atomic mass is 9.97. The van der Waals surface area contributed by atoms with E-state index in [2.05, 4.69) is 19.1 Å². The van der Waals surface area contributed by atoms with Crippen molar-refractivity contribution in [2.24, 2.45) is 5.41 Å². The summed E-state index contributed by atoms with van der Waals surface area (Å²) < 4.78 is 16.4. The summed E-state index contributed by atoms with van der Waals surface area (Å²) in [7, 11) is 0. The molecule has 0 spiro atoms. The smallest absolute Gasteiger partial charge is 0.311 e. The average molecular weight is 324 g/mol. The van der Waals surface area contributed by atoms with Gasteiger partial charge < -0.3 is 14.2 Å². The Balaban J connectivity index is 2.08. The number of ether oxygens (including phenoxy) is 3. The Labute approximate surface area is 140 Å². The zero-order valence-electron chi connectivity index (χ0n) is 15.1. The monoisotopic (exact) mass is 324 g/mol. The molecule has 0 bridgehead atoms. The summed E-state index contributed by atoms with van der Waals surface area (Å²) in [4.78, 5) is 11.6. The molecule has 0 aromatic rings. The van der Waals surface area contributed by atoms with Gasteiger partial charge in [0.05, 0.1) is 12.0 Å². The molecule has 1 fully saturated rings. The molecule has 0 radical (unpaired) electrons. The van der Waals surface area contributed by atoms with Crippen LogP contribution in [0.3, 0.4) is 0 Å². The van der Waals surface area contributed by atoms with Crippen molar-refractivity contribution in [2.75, 3.05) is 19.8 Å². The number of allylic oxidation sites excluding steroid dienone is 2. The molecule has 1 atom stereocenters. The zero-order chi connectivity index (χ0) is 17.1. The van der Waals surface area contributed by atoms with Gasteiger partial charge in [-0.15, -0.1) is 0 Å². The van der Waals surface area contributed by atoms with Crippen molar-refractivity contribution < 1.29 is 19.0 Å². The van der Waals surface area contributed by atoms with Gasteiger partial charge in [-0.05, 0) is 59.8 Å². The number of rotatable bonds is 8. The molecule has 0 saturated carbocycles. The van der Waals surface area contributed by atoms with Crippen LogP contribution in [0.5, 0.6) is 0 Å². The molecule has 0 aromatic heterocycles. The van der Waals surface area contributed by atoms with Crippen molar-refractivity contribution in [1.82, 2.24) is 0 Å². The first kappa shape index (κ1) is 19.9. The second-order valence-electron chi connectivity index (χ2n) is 7.04. The largest absolute Gasteiger partial charge is 0.461 e. The Morgan fingerprint density at radius 3 is 2.65 bits per heavy atom. The van der Waals surface area contributed by atoms with E-state index in [1.165, 1.54) is 12.0 Å². The van der Waals surface area contributed by atoms with Gasteiger partial charge in [-0.3, -0.25) is 4.79 Å². The van der Waals surface area contributed by atoms with E-state index in [1.54, 1.807) is 0 Å². The lowest BCUT2D eigenvalue weighted by molar-refractivity contribution is -0.155. The van der Waals surface area contributed by atoms with E-state index >= 15 is 0 Å². The van der Waals surface area contributed by atoms with E-state index in [1.807, 2.05) is 26.8 Å². The summed E-state index contributed by atoms with van der Waals surface area (Å²) in [6.45, 7) is 9.45. The Bertz CT molecular complexity index is 398. The van der Waals surface area contributed by atoms with Crippen molar-refractivity contribution in [3.05, 3.63) is 23.8 Å². The highest BCUT2D eigenvalue weighted by atomic mass is 16.7. The third-order valence-corrected chi connectivity index (χ3v) is 3.65. The Kier molecular flexibility index (Phi) is 9.19. The lowest BCUT2D eigenvalue weighted by Gasteiger charge is -2.22. The Morgan fingerprint density at radius 2 is 2.00 bits per heavy atom. The van der Waals surface area contributed by atoms with Gasteiger partial charge in [0.25, 0.3) is 0 Å². The van der Waals surface area contributed by atoms with E-state index in [0.29, 0.717) is 13.2 Å². The molecule has 4 nitrogen and oxygen atoms in total. The van der Waals surface area contributed by atoms with Gasteiger partial charge in [-0.1, -0.05) is 23.8 Å². The highest BCUT2D eigenvalue weighted by Crippen LogP contribution is 2.15. The first-order valence-electron chi connectivity index (χ1n) is 8.60. The average Bonchev–Trinajstić information content (AvgIpc) is 2.50. The van der Waals surface area contributed by atoms with E-state index < -0.39 is 5.41 Å². The molecule has 1 rings (SSSR count). The summed E-state index contributed by atoms with van der Waals surface area (Å²) in [6, 6.07) is 0. The van der Waals surface area contributed by atoms with Crippen LogP contribution in [-0.2, 0) is 19.0 Å². The van der Waals surface area contributed by atoms with Gasteiger partial charge >= 0.3 is 5.97 Å². The minimum Gasteiger partial charge on any atom is -0.461 e. The number of hydrogen-bond acceptors (Lipinski definition) is 4. The van der Waals surface area contributed by atoms with Gasteiger partial charge in [0.1, 0.15) is 6.61 Å². The molecule has 1 heterocycles. The van der Waals surface area contributed by atoms with Crippen molar-refractivity contribution in [3.63, 3.8) is 0 Å². The maximum atomic E-state index is 11.6. The molecule has 0 aliphatic carbocycles. The molecule has 23 heavy (non-hydrogen) atoms. The molecule has 1 saturated heterocycles. The molecule has 1 aliphatic heterocycles. The Morgan fingerprint density at radius 1 is 1.22 bits per heavy atom. The molecule has 1 unspecified atom stereocenters. The second-order valence-corrected chi connectivity index (χ2v) is 7.04. The fourth-order valence-corrected chi connectivity index (χ4v) is 2.08. The Hall–Kier alpha value is -1.13. The third kappa shape index (κ3) is 9.57. The zero-order valence-corrected chi connectivity index (χ0v) is 15.1. The van der Waals surface area contributed by atoms with Gasteiger partial charge in [-0.25, -0.2) is 0 Å². The number of carbonyl (C=O) groups excluding carboxylic acids is 1. The molecule has 0 N–H and O–H groups in total. The molecular weight excluding hydrogens is 292 g/mol. The van der Waals surface area contributed by atoms with Crippen LogP contribution in [0.1, 0.15) is 59.8 Å². The first-order valence-corrected chi connectivity index (χ1v) is 8.60. The molecule has 1 aliphatic rings. The molecule has 0 amide bonds. The molecule has 4 heteroatoms. The van der Waals surface area contributed by atoms with Crippen LogP contribution in [0.2, 0.25) is 0 Å². The predicted molar refractivity (Wildman–Crippen MR) is 92.1 cm³/mol. The lowest BCUT2D eigenvalue weighted by Crippen LogP contribution is -2.22. The second kappa shape index (κ2) is 10.6. The van der Waals surface area contributed by atoms with Crippen molar-refractivity contribution >= 4 is 5.97 Å². The predicted octanol–water partition coefficient (Wildman–Crippen LogP) is 4.40. The van der Waals surface area contributed by atoms with E-state index in [-0.39, 0.29) is 12.3 Å². The highest BCUT2D eigenvalue weighted by molar-refractivity contribution is 5.75. The number of hydrogen-bond donors (Lipinski definition) is 0. The normalized spacial score (nSPS) is 20.0. The van der Waals surface area contributed by atoms with Crippen LogP contribution >= 0.6 is 0 Å². The van der Waals surface area contributed by atoms with Crippen LogP contribution in [0, 0.1) is 5.41 Å². The summed E-state index contributed by atoms with van der Waals surface area (Å²) in [6.07, 6.45) is 11.3. The maximum absolute atomic E-state index is 11.6. The van der Waals surface area contributed by atoms with E-state index in [0.717, 1.165) is 32.3 Å². The number of carbonyl (C=O) groups is 1. The van der Waals surface area contributed by atoms with E-state index in [9.17, 15) is 4.79 Å². The van der Waals surface area contributed by atoms with Crippen molar-refractivity contribution in [2.45, 2.75) is 66.1 Å². The third-order valence-electron chi connectivity index (χ3n) is 3.65. The summed E-state index contributed by atoms with van der Waals surface area (Å²) >= 11 is 0. The van der Waals surface area contributed by atoms with Gasteiger partial charge in [0.2, 0.25) is 0 Å². The SMILES string of the molecule is CC(=CCOC1CCCCO1)CCC=CCOC(=O)C(C)(C)C. The van der Waals surface area contributed by atoms with Crippen LogP contribution in [0.15, 0.2) is 23.8 Å². The fourth-order valence-electron chi connectivity index (χ4n) is 2.08. The van der Waals surface area contributed by atoms with Crippen molar-refractivity contribution in [1.29, 1.82) is 0 Å². The minimum atomic E-state index is -0.435. The topological polar surface area (TPSA) is 44.8 Å². The van der Waals surface area contributed by atoms with Crippen LogP contribution in [0.25, 0.3) is 0 Å². The molecule has 132 valence electrons. The number of esters is 1. The van der Waals surface area contributed by atoms with Gasteiger partial charge in [0, 0.05) is 6.61 Å². The van der Waals surface area contributed by atoms with Crippen LogP contribution in [0.4, 0.5) is 0 Å². The quantitative estimate of drug-likeness (QED) is 0.490. The maximum Gasteiger partial charge on any atom is 0.311 e. The first-order chi connectivity index (χ1) is 10.9. The fraction of sp³-hybridized carbons (Fsp3) is 0.737. The minimum absolute atomic E-state index is 0.0230.